The number of aromatic nitrogens is 2. The maximum atomic E-state index is 8.48. The van der Waals surface area contributed by atoms with E-state index in [0.717, 1.165) is 17.8 Å². The van der Waals surface area contributed by atoms with E-state index < -0.39 is 0 Å². The van der Waals surface area contributed by atoms with Gasteiger partial charge in [-0.1, -0.05) is 12.1 Å². The van der Waals surface area contributed by atoms with Crippen molar-refractivity contribution in [3.8, 4) is 11.8 Å². The third-order valence-electron chi connectivity index (χ3n) is 2.66. The van der Waals surface area contributed by atoms with Gasteiger partial charge in [0.15, 0.2) is 6.61 Å². The van der Waals surface area contributed by atoms with Crippen molar-refractivity contribution in [2.24, 2.45) is 0 Å². The summed E-state index contributed by atoms with van der Waals surface area (Å²) in [6, 6.07) is 9.65. The molecule has 0 atom stereocenters. The monoisotopic (exact) mass is 256 g/mol. The largest absolute Gasteiger partial charge is 0.479 e. The number of nitrogens with zero attached hydrogens (tertiary/aromatic N) is 3. The second-order valence-electron chi connectivity index (χ2n) is 4.03. The normalized spacial score (nSPS) is 9.89. The Balaban J connectivity index is 1.93. The van der Waals surface area contributed by atoms with E-state index in [9.17, 15) is 0 Å². The summed E-state index contributed by atoms with van der Waals surface area (Å²) in [5.74, 6) is 0.713. The Bertz CT molecular complexity index is 571. The Kier molecular flexibility index (Phi) is 4.40. The van der Waals surface area contributed by atoms with Gasteiger partial charge in [0.25, 0.3) is 0 Å². The SMILES string of the molecule is CCn1cc(NCc2cccc(OCC#N)c2)cn1. The molecule has 1 aromatic carbocycles. The summed E-state index contributed by atoms with van der Waals surface area (Å²) in [5, 5.41) is 16.0. The fraction of sp³-hybridized carbons (Fsp3) is 0.286. The Hall–Kier alpha value is -2.48. The van der Waals surface area contributed by atoms with Crippen LogP contribution >= 0.6 is 0 Å². The smallest absolute Gasteiger partial charge is 0.174 e. The lowest BCUT2D eigenvalue weighted by Crippen LogP contribution is -2.00. The first-order chi connectivity index (χ1) is 9.31. The van der Waals surface area contributed by atoms with Gasteiger partial charge < -0.3 is 10.1 Å². The van der Waals surface area contributed by atoms with E-state index in [2.05, 4.69) is 10.4 Å². The first kappa shape index (κ1) is 13.0. The van der Waals surface area contributed by atoms with Crippen LogP contribution in [0.5, 0.6) is 5.75 Å². The topological polar surface area (TPSA) is 62.9 Å². The zero-order chi connectivity index (χ0) is 13.5. The number of rotatable bonds is 6. The van der Waals surface area contributed by atoms with Gasteiger partial charge in [-0.25, -0.2) is 0 Å². The van der Waals surface area contributed by atoms with E-state index >= 15 is 0 Å². The highest BCUT2D eigenvalue weighted by atomic mass is 16.5. The number of hydrogen-bond acceptors (Lipinski definition) is 4. The van der Waals surface area contributed by atoms with Gasteiger partial charge in [-0.05, 0) is 24.6 Å². The molecule has 0 spiro atoms. The highest BCUT2D eigenvalue weighted by Crippen LogP contribution is 2.15. The summed E-state index contributed by atoms with van der Waals surface area (Å²) < 4.78 is 7.13. The molecule has 0 amide bonds. The van der Waals surface area contributed by atoms with E-state index in [-0.39, 0.29) is 6.61 Å². The van der Waals surface area contributed by atoms with E-state index in [0.29, 0.717) is 12.3 Å². The maximum Gasteiger partial charge on any atom is 0.174 e. The van der Waals surface area contributed by atoms with Gasteiger partial charge >= 0.3 is 0 Å². The Morgan fingerprint density at radius 1 is 1.47 bits per heavy atom. The van der Waals surface area contributed by atoms with Crippen molar-refractivity contribution in [2.75, 3.05) is 11.9 Å². The summed E-state index contributed by atoms with van der Waals surface area (Å²) in [6.07, 6.45) is 3.77. The second-order valence-corrected chi connectivity index (χ2v) is 4.03. The molecule has 2 aromatic rings. The first-order valence-electron chi connectivity index (χ1n) is 6.17. The molecule has 0 saturated carbocycles. The van der Waals surface area contributed by atoms with Gasteiger partial charge in [0, 0.05) is 19.3 Å². The van der Waals surface area contributed by atoms with Crippen molar-refractivity contribution < 1.29 is 4.74 Å². The minimum atomic E-state index is 0.0696. The summed E-state index contributed by atoms with van der Waals surface area (Å²) in [5.41, 5.74) is 2.09. The average molecular weight is 256 g/mol. The fourth-order valence-electron chi connectivity index (χ4n) is 1.69. The van der Waals surface area contributed by atoms with Crippen LogP contribution in [0.2, 0.25) is 0 Å². The van der Waals surface area contributed by atoms with E-state index in [1.165, 1.54) is 0 Å². The van der Waals surface area contributed by atoms with E-state index in [1.807, 2.05) is 48.1 Å². The molecule has 1 aromatic heterocycles. The Morgan fingerprint density at radius 3 is 3.11 bits per heavy atom. The summed E-state index contributed by atoms with van der Waals surface area (Å²) >= 11 is 0. The molecule has 0 aliphatic carbocycles. The van der Waals surface area contributed by atoms with Crippen molar-refractivity contribution in [1.29, 1.82) is 5.26 Å². The molecule has 0 bridgehead atoms. The van der Waals surface area contributed by atoms with Gasteiger partial charge in [-0.3, -0.25) is 4.68 Å². The number of hydrogen-bond donors (Lipinski definition) is 1. The maximum absolute atomic E-state index is 8.48. The highest BCUT2D eigenvalue weighted by molar-refractivity contribution is 5.40. The van der Waals surface area contributed by atoms with E-state index in [4.69, 9.17) is 10.00 Å². The van der Waals surface area contributed by atoms with Crippen LogP contribution in [0.4, 0.5) is 5.69 Å². The molecule has 0 aliphatic rings. The molecule has 1 heterocycles. The fourth-order valence-corrected chi connectivity index (χ4v) is 1.69. The third kappa shape index (κ3) is 3.75. The van der Waals surface area contributed by atoms with Gasteiger partial charge in [0.05, 0.1) is 11.9 Å². The number of benzene rings is 1. The van der Waals surface area contributed by atoms with Crippen LogP contribution in [-0.4, -0.2) is 16.4 Å². The summed E-state index contributed by atoms with van der Waals surface area (Å²) in [6.45, 7) is 3.67. The van der Waals surface area contributed by atoms with Crippen LogP contribution in [0.15, 0.2) is 36.7 Å². The summed E-state index contributed by atoms with van der Waals surface area (Å²) in [4.78, 5) is 0. The van der Waals surface area contributed by atoms with Crippen molar-refractivity contribution in [1.82, 2.24) is 9.78 Å². The molecule has 0 saturated heterocycles. The standard InChI is InChI=1S/C14H16N4O/c1-2-18-11-13(10-17-18)16-9-12-4-3-5-14(8-12)19-7-6-15/h3-5,8,10-11,16H,2,7,9H2,1H3. The van der Waals surface area contributed by atoms with Crippen molar-refractivity contribution in [3.63, 3.8) is 0 Å². The molecule has 98 valence electrons. The van der Waals surface area contributed by atoms with Crippen molar-refractivity contribution in [2.45, 2.75) is 20.0 Å². The third-order valence-corrected chi connectivity index (χ3v) is 2.66. The number of anilines is 1. The predicted molar refractivity (Wildman–Crippen MR) is 72.8 cm³/mol. The van der Waals surface area contributed by atoms with Crippen LogP contribution < -0.4 is 10.1 Å². The average Bonchev–Trinajstić information content (AvgIpc) is 2.91. The zero-order valence-electron chi connectivity index (χ0n) is 10.8. The molecular formula is C14H16N4O. The van der Waals surface area contributed by atoms with Gasteiger partial charge in [0.2, 0.25) is 0 Å². The number of aryl methyl sites for hydroxylation is 1. The van der Waals surface area contributed by atoms with Crippen LogP contribution in [0.3, 0.4) is 0 Å². The quantitative estimate of drug-likeness (QED) is 0.862. The molecule has 5 heteroatoms. The minimum absolute atomic E-state index is 0.0696. The molecule has 19 heavy (non-hydrogen) atoms. The van der Waals surface area contributed by atoms with Gasteiger partial charge in [0.1, 0.15) is 11.8 Å². The van der Waals surface area contributed by atoms with Crippen molar-refractivity contribution in [3.05, 3.63) is 42.2 Å². The predicted octanol–water partition coefficient (Wildman–Crippen LogP) is 2.42. The highest BCUT2D eigenvalue weighted by Gasteiger charge is 1.99. The van der Waals surface area contributed by atoms with Gasteiger partial charge in [-0.15, -0.1) is 0 Å². The van der Waals surface area contributed by atoms with Crippen LogP contribution in [0, 0.1) is 11.3 Å². The molecule has 0 fully saturated rings. The van der Waals surface area contributed by atoms with Crippen molar-refractivity contribution >= 4 is 5.69 Å². The number of ether oxygens (including phenoxy) is 1. The van der Waals surface area contributed by atoms with E-state index in [1.54, 1.807) is 6.20 Å². The van der Waals surface area contributed by atoms with Crippen LogP contribution in [0.25, 0.3) is 0 Å². The zero-order valence-corrected chi connectivity index (χ0v) is 10.8. The first-order valence-corrected chi connectivity index (χ1v) is 6.17. The molecule has 0 aliphatic heterocycles. The molecule has 1 N–H and O–H groups in total. The van der Waals surface area contributed by atoms with Crippen LogP contribution in [0.1, 0.15) is 12.5 Å². The summed E-state index contributed by atoms with van der Waals surface area (Å²) in [7, 11) is 0. The Morgan fingerprint density at radius 2 is 2.37 bits per heavy atom. The minimum Gasteiger partial charge on any atom is -0.479 e. The lowest BCUT2D eigenvalue weighted by molar-refractivity contribution is 0.368. The molecule has 5 nitrogen and oxygen atoms in total. The number of nitrogens with one attached hydrogen (secondary N) is 1. The molecule has 0 radical (unpaired) electrons. The van der Waals surface area contributed by atoms with Gasteiger partial charge in [-0.2, -0.15) is 10.4 Å². The Labute approximate surface area is 112 Å². The lowest BCUT2D eigenvalue weighted by Gasteiger charge is -2.06. The number of nitriles is 1. The lowest BCUT2D eigenvalue weighted by atomic mass is 10.2. The van der Waals surface area contributed by atoms with Crippen LogP contribution in [-0.2, 0) is 13.1 Å². The molecule has 2 rings (SSSR count). The second kappa shape index (κ2) is 6.45. The molecule has 0 unspecified atom stereocenters. The molecular weight excluding hydrogens is 240 g/mol.